The zero-order valence-corrected chi connectivity index (χ0v) is 2.10. The molecular formula is CH2BO2. The Morgan fingerprint density at radius 1 is 1.75 bits per heavy atom. The highest BCUT2D eigenvalue weighted by Gasteiger charge is 2.01. The summed E-state index contributed by atoms with van der Waals surface area (Å²) in [5.41, 5.74) is 0. The molecule has 0 N–H and O–H groups in total. The first kappa shape index (κ1) is 2.24. The first-order valence-electron chi connectivity index (χ1n) is 1.10. The fraction of sp³-hybridized carbons (Fsp3) is 1.00. The first-order chi connectivity index (χ1) is 2.00. The summed E-state index contributed by atoms with van der Waals surface area (Å²) in [7, 11) is 1.58. The van der Waals surface area contributed by atoms with Crippen LogP contribution < -0.4 is 0 Å². The van der Waals surface area contributed by atoms with Crippen LogP contribution in [-0.4, -0.2) is 14.0 Å². The van der Waals surface area contributed by atoms with Gasteiger partial charge in [0, 0.05) is 0 Å². The molecule has 0 aromatic carbocycles. The van der Waals surface area contributed by atoms with E-state index in [1.54, 1.807) is 7.48 Å². The Morgan fingerprint density at radius 2 is 2.00 bits per heavy atom. The van der Waals surface area contributed by atoms with Crippen LogP contribution in [0.2, 0.25) is 0 Å². The van der Waals surface area contributed by atoms with Crippen LogP contribution in [0.1, 0.15) is 0 Å². The Morgan fingerprint density at radius 3 is 2.00 bits per heavy atom. The summed E-state index contributed by atoms with van der Waals surface area (Å²) in [5.74, 6) is 0. The lowest BCUT2D eigenvalue weighted by Crippen LogP contribution is -2.19. The van der Waals surface area contributed by atoms with Crippen LogP contribution in [0.3, 0.4) is 0 Å². The molecule has 3 heteroatoms. The lowest BCUT2D eigenvalue weighted by molar-refractivity contribution is -0.242. The molecule has 1 heterocycles. The molecule has 1 aliphatic rings. The third kappa shape index (κ3) is 0.121. The molecule has 0 bridgehead atoms. The van der Waals surface area contributed by atoms with E-state index < -0.39 is 0 Å². The van der Waals surface area contributed by atoms with Gasteiger partial charge in [0.1, 0.15) is 0 Å². The second kappa shape index (κ2) is 0.741. The highest BCUT2D eigenvalue weighted by Crippen LogP contribution is 1.83. The normalized spacial score (nSPS) is 22.0. The molecule has 0 aromatic heterocycles. The lowest BCUT2D eigenvalue weighted by Gasteiger charge is -2.06. The highest BCUT2D eigenvalue weighted by atomic mass is 17.2. The summed E-state index contributed by atoms with van der Waals surface area (Å²) < 4.78 is 0. The molecular weight excluding hydrogens is 54.8 g/mol. The lowest BCUT2D eigenvalue weighted by atomic mass is 10.0. The molecule has 0 unspecified atom stereocenters. The van der Waals surface area contributed by atoms with E-state index in [1.807, 2.05) is 0 Å². The highest BCUT2D eigenvalue weighted by molar-refractivity contribution is 6.28. The Hall–Kier alpha value is -0.0151. The predicted octanol–water partition coefficient (Wildman–Crippen LogP) is -0.475. The van der Waals surface area contributed by atoms with Crippen molar-refractivity contribution < 1.29 is 9.69 Å². The minimum absolute atomic E-state index is 0.653. The van der Waals surface area contributed by atoms with Crippen molar-refractivity contribution in [2.75, 3.05) is 6.51 Å². The Labute approximate surface area is 24.9 Å². The fourth-order valence-electron chi connectivity index (χ4n) is 0.0680. The Kier molecular flexibility index (Phi) is 0.414. The molecule has 1 rings (SSSR count). The molecule has 1 saturated heterocycles. The average Bonchev–Trinajstić information content (AvgIpc) is 0.722. The van der Waals surface area contributed by atoms with Gasteiger partial charge in [0.05, 0.1) is 6.51 Å². The Bertz CT molecular complexity index is 14.0. The zero-order valence-electron chi connectivity index (χ0n) is 2.10. The fourth-order valence-corrected chi connectivity index (χ4v) is 0.0680. The van der Waals surface area contributed by atoms with Crippen LogP contribution in [0.25, 0.3) is 0 Å². The maximum Gasteiger partial charge on any atom is 0.375 e. The molecule has 0 saturated carbocycles. The third-order valence-corrected chi connectivity index (χ3v) is 0.272. The van der Waals surface area contributed by atoms with Gasteiger partial charge in [-0.1, -0.05) is 0 Å². The summed E-state index contributed by atoms with van der Waals surface area (Å²) in [4.78, 5) is 8.26. The van der Waals surface area contributed by atoms with Crippen molar-refractivity contribution in [2.45, 2.75) is 0 Å². The minimum Gasteiger partial charge on any atom is -0.309 e. The van der Waals surface area contributed by atoms with E-state index >= 15 is 0 Å². The van der Waals surface area contributed by atoms with Crippen LogP contribution in [0.5, 0.6) is 0 Å². The van der Waals surface area contributed by atoms with E-state index in [0.29, 0.717) is 6.51 Å². The first-order valence-corrected chi connectivity index (χ1v) is 1.10. The summed E-state index contributed by atoms with van der Waals surface area (Å²) in [6, 6.07) is 0. The molecule has 0 aliphatic carbocycles. The van der Waals surface area contributed by atoms with E-state index in [9.17, 15) is 0 Å². The smallest absolute Gasteiger partial charge is 0.309 e. The van der Waals surface area contributed by atoms with Gasteiger partial charge in [-0.25, -0.2) is 0 Å². The van der Waals surface area contributed by atoms with Crippen molar-refractivity contribution in [3.05, 3.63) is 0 Å². The molecule has 1 radical (unpaired) electrons. The summed E-state index contributed by atoms with van der Waals surface area (Å²) in [6.07, 6.45) is 0. The van der Waals surface area contributed by atoms with Gasteiger partial charge < -0.3 is 4.81 Å². The quantitative estimate of drug-likeness (QED) is 0.276. The van der Waals surface area contributed by atoms with Crippen molar-refractivity contribution >= 4 is 7.48 Å². The van der Waals surface area contributed by atoms with Crippen molar-refractivity contribution in [1.82, 2.24) is 0 Å². The molecule has 1 fully saturated rings. The van der Waals surface area contributed by atoms with E-state index in [4.69, 9.17) is 0 Å². The topological polar surface area (TPSA) is 18.5 Å². The van der Waals surface area contributed by atoms with Crippen LogP contribution in [0.15, 0.2) is 0 Å². The summed E-state index contributed by atoms with van der Waals surface area (Å²) in [6.45, 7) is 0.653. The van der Waals surface area contributed by atoms with Crippen LogP contribution in [0, 0.1) is 0 Å². The van der Waals surface area contributed by atoms with Crippen molar-refractivity contribution in [1.29, 1.82) is 0 Å². The molecule has 0 atom stereocenters. The van der Waals surface area contributed by atoms with Crippen molar-refractivity contribution in [3.63, 3.8) is 0 Å². The van der Waals surface area contributed by atoms with Crippen LogP contribution in [0.4, 0.5) is 0 Å². The van der Waals surface area contributed by atoms with E-state index in [1.165, 1.54) is 0 Å². The number of rotatable bonds is 0. The largest absolute Gasteiger partial charge is 0.375 e. The maximum absolute atomic E-state index is 4.17. The standard InChI is InChI=1S/CH2BO2/c1-2-4-3-1/h1H2. The molecule has 4 heavy (non-hydrogen) atoms. The third-order valence-electron chi connectivity index (χ3n) is 0.272. The maximum atomic E-state index is 4.17. The van der Waals surface area contributed by atoms with Crippen molar-refractivity contribution in [3.8, 4) is 0 Å². The monoisotopic (exact) mass is 57.0 g/mol. The van der Waals surface area contributed by atoms with E-state index in [-0.39, 0.29) is 0 Å². The van der Waals surface area contributed by atoms with Gasteiger partial charge >= 0.3 is 7.48 Å². The molecule has 0 amide bonds. The summed E-state index contributed by atoms with van der Waals surface area (Å²) in [5, 5.41) is 0. The van der Waals surface area contributed by atoms with Gasteiger partial charge in [0.25, 0.3) is 0 Å². The second-order valence-corrected chi connectivity index (χ2v) is 0.547. The van der Waals surface area contributed by atoms with Gasteiger partial charge in [-0.3, -0.25) is 4.89 Å². The SMILES string of the molecule is [B]1COO1. The minimum atomic E-state index is 0.653. The van der Waals surface area contributed by atoms with Gasteiger partial charge in [-0.2, -0.15) is 0 Å². The number of hydrogen-bond donors (Lipinski definition) is 0. The average molecular weight is 56.8 g/mol. The zero-order chi connectivity index (χ0) is 2.83. The van der Waals surface area contributed by atoms with Crippen molar-refractivity contribution in [2.24, 2.45) is 0 Å². The molecule has 0 aromatic rings. The van der Waals surface area contributed by atoms with Gasteiger partial charge in [0.15, 0.2) is 0 Å². The molecule has 0 spiro atoms. The van der Waals surface area contributed by atoms with Gasteiger partial charge in [0.2, 0.25) is 0 Å². The van der Waals surface area contributed by atoms with Crippen LogP contribution >= 0.6 is 0 Å². The van der Waals surface area contributed by atoms with Gasteiger partial charge in [-0.05, 0) is 0 Å². The van der Waals surface area contributed by atoms with E-state index in [2.05, 4.69) is 9.69 Å². The number of hydrogen-bond acceptors (Lipinski definition) is 2. The molecule has 1 aliphatic heterocycles. The van der Waals surface area contributed by atoms with Crippen LogP contribution in [-0.2, 0) is 9.69 Å². The predicted molar refractivity (Wildman–Crippen MR) is 12.8 cm³/mol. The van der Waals surface area contributed by atoms with E-state index in [0.717, 1.165) is 0 Å². The summed E-state index contributed by atoms with van der Waals surface area (Å²) >= 11 is 0. The second-order valence-electron chi connectivity index (χ2n) is 0.547. The molecule has 2 nitrogen and oxygen atoms in total. The molecule has 21 valence electrons. The van der Waals surface area contributed by atoms with Gasteiger partial charge in [-0.15, -0.1) is 0 Å². The Balaban J connectivity index is 2.00.